The maximum absolute atomic E-state index is 11.2. The molecule has 0 radical (unpaired) electrons. The summed E-state index contributed by atoms with van der Waals surface area (Å²) in [6.45, 7) is 0.442. The van der Waals surface area contributed by atoms with Gasteiger partial charge in [-0.1, -0.05) is 11.6 Å². The molecule has 1 aliphatic rings. The molecular formula is C13H11ClN4O3. The number of carbonyl (C=O) groups is 1. The molecule has 0 saturated carbocycles. The lowest BCUT2D eigenvalue weighted by Gasteiger charge is -2.11. The van der Waals surface area contributed by atoms with Crippen LogP contribution in [0.15, 0.2) is 30.6 Å². The standard InChI is InChI=1S/C13H11ClN4O3/c14-8-1-2-11-9(3-8)10(6-21-11)17-13-15-4-7(5-16-13)12(19)18-20/h1-5,10,20H,6H2,(H,18,19)(H,15,16,17)/t10-/m0/s1. The number of carbonyl (C=O) groups excluding carboxylic acids is 1. The van der Waals surface area contributed by atoms with E-state index >= 15 is 0 Å². The number of nitrogens with one attached hydrogen (secondary N) is 2. The molecule has 1 atom stereocenters. The zero-order valence-corrected chi connectivity index (χ0v) is 11.5. The minimum atomic E-state index is -0.664. The summed E-state index contributed by atoms with van der Waals surface area (Å²) in [5.41, 5.74) is 2.61. The molecule has 1 aliphatic heterocycles. The van der Waals surface area contributed by atoms with E-state index in [1.165, 1.54) is 17.9 Å². The van der Waals surface area contributed by atoms with Crippen LogP contribution in [-0.4, -0.2) is 27.7 Å². The van der Waals surface area contributed by atoms with Crippen LogP contribution in [0.1, 0.15) is 22.0 Å². The van der Waals surface area contributed by atoms with E-state index in [0.717, 1.165) is 11.3 Å². The summed E-state index contributed by atoms with van der Waals surface area (Å²) in [6, 6.07) is 5.29. The normalized spacial score (nSPS) is 16.0. The Morgan fingerprint density at radius 2 is 2.14 bits per heavy atom. The van der Waals surface area contributed by atoms with Crippen LogP contribution < -0.4 is 15.5 Å². The van der Waals surface area contributed by atoms with Gasteiger partial charge in [0, 0.05) is 23.0 Å². The Labute approximate surface area is 124 Å². The Kier molecular flexibility index (Phi) is 3.59. The van der Waals surface area contributed by atoms with Gasteiger partial charge in [0.15, 0.2) is 0 Å². The molecule has 3 rings (SSSR count). The number of benzene rings is 1. The maximum atomic E-state index is 11.2. The average Bonchev–Trinajstić information content (AvgIpc) is 2.89. The van der Waals surface area contributed by atoms with Crippen molar-refractivity contribution in [1.82, 2.24) is 15.4 Å². The fourth-order valence-corrected chi connectivity index (χ4v) is 2.23. The second-order valence-electron chi connectivity index (χ2n) is 4.43. The minimum Gasteiger partial charge on any atom is -0.491 e. The van der Waals surface area contributed by atoms with Crippen molar-refractivity contribution < 1.29 is 14.7 Å². The largest absolute Gasteiger partial charge is 0.491 e. The molecule has 0 fully saturated rings. The number of ether oxygens (including phenoxy) is 1. The van der Waals surface area contributed by atoms with Crippen LogP contribution in [0.2, 0.25) is 5.02 Å². The molecule has 2 aromatic rings. The van der Waals surface area contributed by atoms with Gasteiger partial charge in [-0.2, -0.15) is 0 Å². The second kappa shape index (κ2) is 5.55. The summed E-state index contributed by atoms with van der Waals surface area (Å²) in [7, 11) is 0. The van der Waals surface area contributed by atoms with E-state index in [0.29, 0.717) is 17.6 Å². The van der Waals surface area contributed by atoms with Crippen molar-refractivity contribution in [2.75, 3.05) is 11.9 Å². The van der Waals surface area contributed by atoms with Crippen LogP contribution in [0.3, 0.4) is 0 Å². The zero-order valence-electron chi connectivity index (χ0n) is 10.7. The van der Waals surface area contributed by atoms with Gasteiger partial charge in [-0.15, -0.1) is 0 Å². The summed E-state index contributed by atoms with van der Waals surface area (Å²) in [5.74, 6) is 0.460. The molecule has 7 nitrogen and oxygen atoms in total. The molecule has 108 valence electrons. The fourth-order valence-electron chi connectivity index (χ4n) is 2.05. The number of amides is 1. The molecule has 0 bridgehead atoms. The molecular weight excluding hydrogens is 296 g/mol. The molecule has 0 aliphatic carbocycles. The van der Waals surface area contributed by atoms with Crippen LogP contribution >= 0.6 is 11.6 Å². The quantitative estimate of drug-likeness (QED) is 0.591. The molecule has 3 N–H and O–H groups in total. The summed E-state index contributed by atoms with van der Waals surface area (Å²) in [6.07, 6.45) is 2.63. The second-order valence-corrected chi connectivity index (χ2v) is 4.86. The number of fused-ring (bicyclic) bond motifs is 1. The number of hydroxylamine groups is 1. The summed E-state index contributed by atoms with van der Waals surface area (Å²) in [4.78, 5) is 19.2. The molecule has 0 spiro atoms. The third kappa shape index (κ3) is 2.74. The van der Waals surface area contributed by atoms with Gasteiger partial charge in [-0.05, 0) is 18.2 Å². The highest BCUT2D eigenvalue weighted by Crippen LogP contribution is 2.35. The van der Waals surface area contributed by atoms with Crippen molar-refractivity contribution in [3.63, 3.8) is 0 Å². The van der Waals surface area contributed by atoms with Gasteiger partial charge in [0.05, 0.1) is 11.6 Å². The van der Waals surface area contributed by atoms with Crippen LogP contribution in [0.4, 0.5) is 5.95 Å². The van der Waals surface area contributed by atoms with Gasteiger partial charge < -0.3 is 10.1 Å². The van der Waals surface area contributed by atoms with Crippen LogP contribution in [0.25, 0.3) is 0 Å². The summed E-state index contributed by atoms with van der Waals surface area (Å²) < 4.78 is 5.54. The maximum Gasteiger partial charge on any atom is 0.277 e. The Balaban J connectivity index is 1.77. The van der Waals surface area contributed by atoms with Crippen molar-refractivity contribution in [1.29, 1.82) is 0 Å². The van der Waals surface area contributed by atoms with E-state index in [-0.39, 0.29) is 11.6 Å². The first-order chi connectivity index (χ1) is 10.2. The van der Waals surface area contributed by atoms with E-state index in [2.05, 4.69) is 15.3 Å². The van der Waals surface area contributed by atoms with E-state index < -0.39 is 5.91 Å². The lowest BCUT2D eigenvalue weighted by atomic mass is 10.1. The van der Waals surface area contributed by atoms with Gasteiger partial charge in [0.1, 0.15) is 12.4 Å². The molecule has 0 unspecified atom stereocenters. The molecule has 1 aromatic heterocycles. The number of aromatic nitrogens is 2. The summed E-state index contributed by atoms with van der Waals surface area (Å²) >= 11 is 5.98. The van der Waals surface area contributed by atoms with Crippen molar-refractivity contribution >= 4 is 23.5 Å². The Morgan fingerprint density at radius 1 is 1.38 bits per heavy atom. The van der Waals surface area contributed by atoms with E-state index in [1.54, 1.807) is 6.07 Å². The smallest absolute Gasteiger partial charge is 0.277 e. The van der Waals surface area contributed by atoms with E-state index in [1.807, 2.05) is 12.1 Å². The minimum absolute atomic E-state index is 0.115. The monoisotopic (exact) mass is 306 g/mol. The van der Waals surface area contributed by atoms with Gasteiger partial charge in [0.2, 0.25) is 5.95 Å². The third-order valence-corrected chi connectivity index (χ3v) is 3.31. The Morgan fingerprint density at radius 3 is 2.86 bits per heavy atom. The predicted octanol–water partition coefficient (Wildman–Crippen LogP) is 1.79. The van der Waals surface area contributed by atoms with Crippen molar-refractivity contribution in [2.24, 2.45) is 0 Å². The molecule has 1 aromatic carbocycles. The highest BCUT2D eigenvalue weighted by Gasteiger charge is 2.25. The number of hydrogen-bond acceptors (Lipinski definition) is 6. The number of nitrogens with zero attached hydrogens (tertiary/aromatic N) is 2. The number of hydrogen-bond donors (Lipinski definition) is 3. The van der Waals surface area contributed by atoms with Gasteiger partial charge in [-0.25, -0.2) is 15.4 Å². The van der Waals surface area contributed by atoms with Crippen molar-refractivity contribution in [3.05, 3.63) is 46.7 Å². The van der Waals surface area contributed by atoms with Gasteiger partial charge in [0.25, 0.3) is 5.91 Å². The zero-order chi connectivity index (χ0) is 14.8. The highest BCUT2D eigenvalue weighted by atomic mass is 35.5. The lowest BCUT2D eigenvalue weighted by Crippen LogP contribution is -2.20. The topological polar surface area (TPSA) is 96.4 Å². The van der Waals surface area contributed by atoms with E-state index in [9.17, 15) is 4.79 Å². The van der Waals surface area contributed by atoms with Crippen molar-refractivity contribution in [2.45, 2.75) is 6.04 Å². The Hall–Kier alpha value is -2.38. The highest BCUT2D eigenvalue weighted by molar-refractivity contribution is 6.30. The molecule has 2 heterocycles. The molecule has 8 heteroatoms. The number of rotatable bonds is 3. The predicted molar refractivity (Wildman–Crippen MR) is 74.6 cm³/mol. The summed E-state index contributed by atoms with van der Waals surface area (Å²) in [5, 5.41) is 12.3. The first kappa shape index (κ1) is 13.6. The van der Waals surface area contributed by atoms with E-state index in [4.69, 9.17) is 21.5 Å². The number of anilines is 1. The van der Waals surface area contributed by atoms with Gasteiger partial charge in [-0.3, -0.25) is 10.0 Å². The molecule has 1 amide bonds. The number of halogens is 1. The van der Waals surface area contributed by atoms with Crippen LogP contribution in [0, 0.1) is 0 Å². The van der Waals surface area contributed by atoms with Crippen molar-refractivity contribution in [3.8, 4) is 5.75 Å². The average molecular weight is 307 g/mol. The van der Waals surface area contributed by atoms with Gasteiger partial charge >= 0.3 is 0 Å². The molecule has 21 heavy (non-hydrogen) atoms. The fraction of sp³-hybridized carbons (Fsp3) is 0.154. The lowest BCUT2D eigenvalue weighted by molar-refractivity contribution is 0.0705. The first-order valence-corrected chi connectivity index (χ1v) is 6.50. The third-order valence-electron chi connectivity index (χ3n) is 3.07. The Bertz CT molecular complexity index is 678. The first-order valence-electron chi connectivity index (χ1n) is 6.12. The molecule has 0 saturated heterocycles. The van der Waals surface area contributed by atoms with Crippen LogP contribution in [-0.2, 0) is 0 Å². The SMILES string of the molecule is O=C(NO)c1cnc(N[C@H]2COc3ccc(Cl)cc32)nc1. The van der Waals surface area contributed by atoms with Crippen LogP contribution in [0.5, 0.6) is 5.75 Å².